The molecule has 5 nitrogen and oxygen atoms in total. The number of nitrogens with zero attached hydrogens (tertiary/aromatic N) is 1. The average Bonchev–Trinajstić information content (AvgIpc) is 2.71. The van der Waals surface area contributed by atoms with Crippen LogP contribution in [0.2, 0.25) is 4.34 Å². The van der Waals surface area contributed by atoms with Crippen molar-refractivity contribution in [3.8, 4) is 11.3 Å². The molecule has 8 heteroatoms. The lowest BCUT2D eigenvalue weighted by atomic mass is 10.2. The first-order valence-electron chi connectivity index (χ1n) is 4.09. The molecule has 0 fully saturated rings. The lowest BCUT2D eigenvalue weighted by Gasteiger charge is -1.88. The van der Waals surface area contributed by atoms with Gasteiger partial charge in [0.15, 0.2) is 5.76 Å². The zero-order chi connectivity index (χ0) is 11.8. The van der Waals surface area contributed by atoms with Crippen LogP contribution in [0.15, 0.2) is 22.0 Å². The molecule has 0 spiro atoms. The monoisotopic (exact) mass is 279 g/mol. The number of thiophene rings is 1. The molecule has 0 aliphatic rings. The van der Waals surface area contributed by atoms with Crippen LogP contribution in [0.1, 0.15) is 5.69 Å². The maximum absolute atomic E-state index is 10.6. The van der Waals surface area contributed by atoms with Gasteiger partial charge in [-0.1, -0.05) is 16.8 Å². The van der Waals surface area contributed by atoms with Gasteiger partial charge >= 0.3 is 0 Å². The Morgan fingerprint density at radius 3 is 2.81 bits per heavy atom. The van der Waals surface area contributed by atoms with Crippen LogP contribution in [-0.2, 0) is 15.9 Å². The van der Waals surface area contributed by atoms with Crippen molar-refractivity contribution >= 4 is 33.1 Å². The fraction of sp³-hybridized carbons (Fsp3) is 0.125. The lowest BCUT2D eigenvalue weighted by molar-refractivity contribution is 0.423. The molecule has 2 aromatic rings. The summed E-state index contributed by atoms with van der Waals surface area (Å²) in [5.74, 6) is -0.143. The Balaban J connectivity index is 2.26. The fourth-order valence-corrected chi connectivity index (χ4v) is 2.52. The molecule has 2 rings (SSSR count). The third-order valence-electron chi connectivity index (χ3n) is 1.74. The van der Waals surface area contributed by atoms with E-state index in [1.807, 2.05) is 0 Å². The Kier molecular flexibility index (Phi) is 3.02. The summed E-state index contributed by atoms with van der Waals surface area (Å²) in [4.78, 5) is 0. The van der Waals surface area contributed by atoms with Crippen molar-refractivity contribution in [1.29, 1.82) is 0 Å². The van der Waals surface area contributed by atoms with Crippen LogP contribution < -0.4 is 0 Å². The van der Waals surface area contributed by atoms with Crippen LogP contribution in [0.5, 0.6) is 0 Å². The van der Waals surface area contributed by atoms with Crippen LogP contribution in [-0.4, -0.2) is 18.1 Å². The molecule has 0 unspecified atom stereocenters. The zero-order valence-electron chi connectivity index (χ0n) is 7.75. The van der Waals surface area contributed by atoms with Crippen molar-refractivity contribution in [3.63, 3.8) is 0 Å². The molecule has 0 aromatic carbocycles. The summed E-state index contributed by atoms with van der Waals surface area (Å²) in [7, 11) is -4.09. The van der Waals surface area contributed by atoms with Crippen LogP contribution >= 0.6 is 22.9 Å². The molecule has 0 amide bonds. The second kappa shape index (κ2) is 4.17. The van der Waals surface area contributed by atoms with E-state index in [9.17, 15) is 8.42 Å². The Hall–Kier alpha value is -0.890. The van der Waals surface area contributed by atoms with Crippen molar-refractivity contribution < 1.29 is 17.5 Å². The average molecular weight is 280 g/mol. The van der Waals surface area contributed by atoms with E-state index in [2.05, 4.69) is 5.16 Å². The van der Waals surface area contributed by atoms with Gasteiger partial charge in [0.05, 0.1) is 4.34 Å². The predicted molar refractivity (Wildman–Crippen MR) is 60.1 cm³/mol. The maximum atomic E-state index is 10.6. The molecule has 0 aliphatic carbocycles. The van der Waals surface area contributed by atoms with Crippen LogP contribution in [0, 0.1) is 0 Å². The van der Waals surface area contributed by atoms with E-state index in [-0.39, 0.29) is 5.69 Å². The summed E-state index contributed by atoms with van der Waals surface area (Å²) >= 11 is 7.08. The molecular weight excluding hydrogens is 274 g/mol. The van der Waals surface area contributed by atoms with E-state index in [4.69, 9.17) is 20.7 Å². The largest absolute Gasteiger partial charge is 0.356 e. The maximum Gasteiger partial charge on any atom is 0.270 e. The topological polar surface area (TPSA) is 80.4 Å². The number of halogens is 1. The van der Waals surface area contributed by atoms with Gasteiger partial charge in [0.2, 0.25) is 0 Å². The molecule has 0 saturated heterocycles. The van der Waals surface area contributed by atoms with E-state index in [0.717, 1.165) is 5.56 Å². The molecule has 0 radical (unpaired) electrons. The van der Waals surface area contributed by atoms with Gasteiger partial charge in [0.25, 0.3) is 10.1 Å². The molecule has 2 heterocycles. The van der Waals surface area contributed by atoms with Crippen molar-refractivity contribution in [2.24, 2.45) is 0 Å². The number of aromatic nitrogens is 1. The van der Waals surface area contributed by atoms with Crippen LogP contribution in [0.4, 0.5) is 0 Å². The number of rotatable bonds is 3. The molecule has 1 N–H and O–H groups in total. The number of hydrogen-bond acceptors (Lipinski definition) is 5. The third kappa shape index (κ3) is 2.82. The van der Waals surface area contributed by atoms with Crippen molar-refractivity contribution in [1.82, 2.24) is 5.16 Å². The van der Waals surface area contributed by atoms with E-state index >= 15 is 0 Å². The fourth-order valence-electron chi connectivity index (χ4n) is 1.14. The lowest BCUT2D eigenvalue weighted by Crippen LogP contribution is -2.01. The first-order valence-corrected chi connectivity index (χ1v) is 6.96. The smallest absolute Gasteiger partial charge is 0.270 e. The quantitative estimate of drug-likeness (QED) is 0.873. The Bertz CT molecular complexity index is 601. The van der Waals surface area contributed by atoms with Gasteiger partial charge < -0.3 is 4.52 Å². The van der Waals surface area contributed by atoms with Gasteiger partial charge in [-0.3, -0.25) is 4.55 Å². The van der Waals surface area contributed by atoms with Crippen molar-refractivity contribution in [2.45, 2.75) is 5.75 Å². The third-order valence-corrected chi connectivity index (χ3v) is 3.49. The van der Waals surface area contributed by atoms with E-state index < -0.39 is 15.9 Å². The summed E-state index contributed by atoms with van der Waals surface area (Å²) in [5, 5.41) is 5.30. The second-order valence-corrected chi connectivity index (χ2v) is 6.04. The summed E-state index contributed by atoms with van der Waals surface area (Å²) in [5.41, 5.74) is 0.879. The highest BCUT2D eigenvalue weighted by atomic mass is 35.5. The molecule has 16 heavy (non-hydrogen) atoms. The summed E-state index contributed by atoms with van der Waals surface area (Å²) in [6.45, 7) is 0. The van der Waals surface area contributed by atoms with Crippen LogP contribution in [0.25, 0.3) is 11.3 Å². The SMILES string of the molecule is O=S(=O)(O)Cc1cc(-c2csc(Cl)c2)on1. The summed E-state index contributed by atoms with van der Waals surface area (Å²) in [6.07, 6.45) is 0. The molecule has 0 saturated carbocycles. The predicted octanol–water partition coefficient (Wildman–Crippen LogP) is 2.44. The van der Waals surface area contributed by atoms with Crippen molar-refractivity contribution in [2.75, 3.05) is 0 Å². The standard InChI is InChI=1S/C8H6ClNO4S2/c9-8-1-5(3-15-8)7-2-6(10-14-7)4-16(11,12)13/h1-3H,4H2,(H,11,12,13). The second-order valence-electron chi connectivity index (χ2n) is 3.05. The molecular formula is C8H6ClNO4S2. The minimum absolute atomic E-state index is 0.153. The molecule has 86 valence electrons. The van der Waals surface area contributed by atoms with Gasteiger partial charge in [0, 0.05) is 17.0 Å². The van der Waals surface area contributed by atoms with E-state index in [0.29, 0.717) is 10.1 Å². The first kappa shape index (κ1) is 11.6. The van der Waals surface area contributed by atoms with Gasteiger partial charge in [-0.2, -0.15) is 8.42 Å². The minimum Gasteiger partial charge on any atom is -0.356 e. The van der Waals surface area contributed by atoms with Gasteiger partial charge in [-0.05, 0) is 6.07 Å². The Morgan fingerprint density at radius 1 is 1.50 bits per heavy atom. The van der Waals surface area contributed by atoms with Crippen molar-refractivity contribution in [3.05, 3.63) is 27.5 Å². The van der Waals surface area contributed by atoms with Gasteiger partial charge in [-0.15, -0.1) is 11.3 Å². The van der Waals surface area contributed by atoms with Gasteiger partial charge in [0.1, 0.15) is 11.4 Å². The molecule has 0 aliphatic heterocycles. The Labute approximate surface area is 100 Å². The minimum atomic E-state index is -4.09. The molecule has 0 bridgehead atoms. The summed E-state index contributed by atoms with van der Waals surface area (Å²) in [6, 6.07) is 3.14. The van der Waals surface area contributed by atoms with E-state index in [1.165, 1.54) is 17.4 Å². The molecule has 2 aromatic heterocycles. The van der Waals surface area contributed by atoms with Gasteiger partial charge in [-0.25, -0.2) is 0 Å². The normalized spacial score (nSPS) is 11.9. The zero-order valence-corrected chi connectivity index (χ0v) is 10.1. The Morgan fingerprint density at radius 2 is 2.25 bits per heavy atom. The van der Waals surface area contributed by atoms with E-state index in [1.54, 1.807) is 11.4 Å². The first-order chi connectivity index (χ1) is 7.44. The highest BCUT2D eigenvalue weighted by Crippen LogP contribution is 2.29. The number of hydrogen-bond donors (Lipinski definition) is 1. The highest BCUT2D eigenvalue weighted by Gasteiger charge is 2.13. The summed E-state index contributed by atoms with van der Waals surface area (Å²) < 4.78 is 35.4. The van der Waals surface area contributed by atoms with Crippen LogP contribution in [0.3, 0.4) is 0 Å². The highest BCUT2D eigenvalue weighted by molar-refractivity contribution is 7.85. The molecule has 0 atom stereocenters.